The molecule has 2 aromatic rings. The number of esters is 2. The van der Waals surface area contributed by atoms with Crippen molar-refractivity contribution in [1.29, 1.82) is 0 Å². The number of para-hydroxylation sites is 2. The molecule has 0 spiro atoms. The minimum Gasteiger partial charge on any atom is -0.512 e. The second-order valence-electron chi connectivity index (χ2n) is 6.17. The van der Waals surface area contributed by atoms with E-state index in [0.29, 0.717) is 11.4 Å². The fourth-order valence-corrected chi connectivity index (χ4v) is 2.11. The van der Waals surface area contributed by atoms with Gasteiger partial charge in [-0.25, -0.2) is 9.59 Å². The van der Waals surface area contributed by atoms with Crippen molar-refractivity contribution in [2.45, 2.75) is 13.8 Å². The van der Waals surface area contributed by atoms with Gasteiger partial charge >= 0.3 is 11.9 Å². The van der Waals surface area contributed by atoms with Gasteiger partial charge in [-0.15, -0.1) is 0 Å². The summed E-state index contributed by atoms with van der Waals surface area (Å²) < 4.78 is 9.03. The molecule has 0 unspecified atom stereocenters. The largest absolute Gasteiger partial charge is 0.512 e. The molecule has 0 aromatic heterocycles. The van der Waals surface area contributed by atoms with Gasteiger partial charge in [0.05, 0.1) is 25.6 Å². The Balaban J connectivity index is 0.000000320. The molecule has 168 valence electrons. The molecule has 32 heavy (non-hydrogen) atoms. The van der Waals surface area contributed by atoms with Crippen LogP contribution in [0.2, 0.25) is 0 Å². The van der Waals surface area contributed by atoms with Crippen molar-refractivity contribution in [3.63, 3.8) is 0 Å². The highest BCUT2D eigenvalue weighted by molar-refractivity contribution is 6.10. The van der Waals surface area contributed by atoms with E-state index in [1.165, 1.54) is 40.5 Å². The lowest BCUT2D eigenvalue weighted by Gasteiger charge is -2.00. The van der Waals surface area contributed by atoms with E-state index >= 15 is 0 Å². The molecule has 0 bridgehead atoms. The van der Waals surface area contributed by atoms with Gasteiger partial charge in [-0.1, -0.05) is 36.4 Å². The first-order valence-electron chi connectivity index (χ1n) is 9.44. The van der Waals surface area contributed by atoms with Crippen molar-refractivity contribution in [3.8, 4) is 0 Å². The highest BCUT2D eigenvalue weighted by Crippen LogP contribution is 2.12. The summed E-state index contributed by atoms with van der Waals surface area (Å²) in [5, 5.41) is 18.6. The maximum Gasteiger partial charge on any atom is 0.342 e. The number of ether oxygens (including phenoxy) is 2. The average Bonchev–Trinajstić information content (AvgIpc) is 2.80. The Hall–Kier alpha value is -4.20. The normalized spacial score (nSPS) is 12.4. The van der Waals surface area contributed by atoms with Crippen LogP contribution in [0.15, 0.2) is 93.3 Å². The van der Waals surface area contributed by atoms with Crippen LogP contribution in [0.5, 0.6) is 0 Å². The van der Waals surface area contributed by atoms with Gasteiger partial charge in [0.2, 0.25) is 0 Å². The van der Waals surface area contributed by atoms with Crippen LogP contribution in [0, 0.1) is 0 Å². The first-order chi connectivity index (χ1) is 15.3. The zero-order valence-electron chi connectivity index (χ0n) is 18.4. The third-order valence-corrected chi connectivity index (χ3v) is 3.79. The van der Waals surface area contributed by atoms with E-state index in [0.717, 1.165) is 0 Å². The lowest BCUT2D eigenvalue weighted by atomic mass is 10.2. The number of allylic oxidation sites excluding steroid dienone is 2. The van der Waals surface area contributed by atoms with Crippen LogP contribution in [-0.2, 0) is 19.1 Å². The SMILES string of the molecule is COC(=O)/C(C=Nc1ccccc1)=C(\C)O.COC(=O)/C(C=Nc1ccccc1)=C(\C)O. The van der Waals surface area contributed by atoms with Crippen LogP contribution in [0.1, 0.15) is 13.8 Å². The van der Waals surface area contributed by atoms with E-state index in [1.54, 1.807) is 24.3 Å². The van der Waals surface area contributed by atoms with Gasteiger partial charge in [0.15, 0.2) is 0 Å². The number of aliphatic hydroxyl groups is 2. The number of nitrogens with zero attached hydrogens (tertiary/aromatic N) is 2. The quantitative estimate of drug-likeness (QED) is 0.290. The smallest absolute Gasteiger partial charge is 0.342 e. The molecule has 0 fully saturated rings. The number of aliphatic hydroxyl groups excluding tert-OH is 2. The Morgan fingerprint density at radius 1 is 0.688 bits per heavy atom. The highest BCUT2D eigenvalue weighted by atomic mass is 16.5. The summed E-state index contributed by atoms with van der Waals surface area (Å²) in [6.45, 7) is 2.81. The van der Waals surface area contributed by atoms with Crippen molar-refractivity contribution >= 4 is 35.7 Å². The Bertz CT molecular complexity index is 918. The first-order valence-corrected chi connectivity index (χ1v) is 9.44. The van der Waals surface area contributed by atoms with Gasteiger partial charge in [-0.3, -0.25) is 9.98 Å². The van der Waals surface area contributed by atoms with Gasteiger partial charge in [0.25, 0.3) is 0 Å². The van der Waals surface area contributed by atoms with Gasteiger partial charge < -0.3 is 19.7 Å². The van der Waals surface area contributed by atoms with Crippen molar-refractivity contribution < 1.29 is 29.3 Å². The molecule has 0 saturated carbocycles. The first kappa shape index (κ1) is 25.8. The van der Waals surface area contributed by atoms with E-state index < -0.39 is 11.9 Å². The van der Waals surface area contributed by atoms with Crippen LogP contribution in [-0.4, -0.2) is 48.8 Å². The molecular formula is C24H26N2O6. The number of rotatable bonds is 6. The highest BCUT2D eigenvalue weighted by Gasteiger charge is 2.11. The lowest BCUT2D eigenvalue weighted by molar-refractivity contribution is -0.136. The number of carbonyl (C=O) groups excluding carboxylic acids is 2. The summed E-state index contributed by atoms with van der Waals surface area (Å²) in [6, 6.07) is 18.2. The van der Waals surface area contributed by atoms with Crippen LogP contribution in [0.4, 0.5) is 11.4 Å². The Kier molecular flexibility index (Phi) is 11.2. The average molecular weight is 438 g/mol. The van der Waals surface area contributed by atoms with E-state index in [-0.39, 0.29) is 22.7 Å². The molecule has 8 nitrogen and oxygen atoms in total. The Morgan fingerprint density at radius 3 is 1.25 bits per heavy atom. The minimum absolute atomic E-state index is 0.0475. The molecule has 2 aromatic carbocycles. The molecule has 2 N–H and O–H groups in total. The topological polar surface area (TPSA) is 118 Å². The van der Waals surface area contributed by atoms with Crippen LogP contribution < -0.4 is 0 Å². The number of hydrogen-bond acceptors (Lipinski definition) is 8. The number of carbonyl (C=O) groups is 2. The van der Waals surface area contributed by atoms with Gasteiger partial charge in [-0.2, -0.15) is 0 Å². The predicted molar refractivity (Wildman–Crippen MR) is 124 cm³/mol. The molecule has 0 radical (unpaired) electrons. The van der Waals surface area contributed by atoms with E-state index in [2.05, 4.69) is 19.5 Å². The van der Waals surface area contributed by atoms with Crippen molar-refractivity contribution in [1.82, 2.24) is 0 Å². The minimum atomic E-state index is -0.611. The number of hydrogen-bond donors (Lipinski definition) is 2. The van der Waals surface area contributed by atoms with E-state index in [1.807, 2.05) is 36.4 Å². The third kappa shape index (κ3) is 9.08. The van der Waals surface area contributed by atoms with E-state index in [9.17, 15) is 19.8 Å². The second kappa shape index (κ2) is 13.9. The molecule has 0 heterocycles. The molecule has 2 rings (SSSR count). The Morgan fingerprint density at radius 2 is 1.00 bits per heavy atom. The fourth-order valence-electron chi connectivity index (χ4n) is 2.11. The standard InChI is InChI=1S/2C12H13NO3/c2*1-9(14)11(12(15)16-2)8-13-10-6-4-3-5-7-10/h2*3-8,14H,1-2H3/b2*11-9+,13-8?. The maximum absolute atomic E-state index is 11.2. The molecule has 0 saturated heterocycles. The van der Waals surface area contributed by atoms with Gasteiger partial charge in [-0.05, 0) is 38.1 Å². The molecule has 0 amide bonds. The second-order valence-corrected chi connectivity index (χ2v) is 6.17. The van der Waals surface area contributed by atoms with Crippen LogP contribution >= 0.6 is 0 Å². The van der Waals surface area contributed by atoms with Crippen molar-refractivity contribution in [3.05, 3.63) is 83.3 Å². The fraction of sp³-hybridized carbons (Fsp3) is 0.167. The van der Waals surface area contributed by atoms with E-state index in [4.69, 9.17) is 0 Å². The molecule has 8 heteroatoms. The monoisotopic (exact) mass is 438 g/mol. The zero-order valence-corrected chi connectivity index (χ0v) is 18.4. The lowest BCUT2D eigenvalue weighted by Crippen LogP contribution is -2.08. The third-order valence-electron chi connectivity index (χ3n) is 3.79. The molecular weight excluding hydrogens is 412 g/mol. The number of aliphatic imine (C=N–C) groups is 2. The predicted octanol–water partition coefficient (Wildman–Crippen LogP) is 4.79. The summed E-state index contributed by atoms with van der Waals surface area (Å²) in [6.07, 6.45) is 2.58. The van der Waals surface area contributed by atoms with Gasteiger partial charge in [0, 0.05) is 12.4 Å². The molecule has 0 aliphatic rings. The zero-order chi connectivity index (χ0) is 23.9. The number of benzene rings is 2. The van der Waals surface area contributed by atoms with Crippen LogP contribution in [0.3, 0.4) is 0 Å². The summed E-state index contributed by atoms with van der Waals surface area (Å²) in [5.74, 6) is -1.46. The van der Waals surface area contributed by atoms with Crippen LogP contribution in [0.25, 0.3) is 0 Å². The summed E-state index contributed by atoms with van der Waals surface area (Å²) in [4.78, 5) is 30.6. The molecule has 0 aliphatic heterocycles. The number of methoxy groups -OCH3 is 2. The van der Waals surface area contributed by atoms with Gasteiger partial charge in [0.1, 0.15) is 22.7 Å². The van der Waals surface area contributed by atoms with Crippen molar-refractivity contribution in [2.24, 2.45) is 9.98 Å². The maximum atomic E-state index is 11.2. The van der Waals surface area contributed by atoms with Crippen molar-refractivity contribution in [2.75, 3.05) is 14.2 Å². The molecule has 0 atom stereocenters. The summed E-state index contributed by atoms with van der Waals surface area (Å²) >= 11 is 0. The molecule has 0 aliphatic carbocycles. The Labute approximate surface area is 186 Å². The summed E-state index contributed by atoms with van der Waals surface area (Å²) in [7, 11) is 2.50. The summed E-state index contributed by atoms with van der Waals surface area (Å²) in [5.41, 5.74) is 1.49.